The molecule has 0 aromatic carbocycles. The second kappa shape index (κ2) is 9.94. The summed E-state index contributed by atoms with van der Waals surface area (Å²) in [5.41, 5.74) is -2.63. The first-order valence-electron chi connectivity index (χ1n) is 7.21. The summed E-state index contributed by atoms with van der Waals surface area (Å²) < 4.78 is 4.36. The Morgan fingerprint density at radius 3 is 2.27 bits per heavy atom. The van der Waals surface area contributed by atoms with Gasteiger partial charge in [-0.1, -0.05) is 38.3 Å². The van der Waals surface area contributed by atoms with Crippen LogP contribution in [0.3, 0.4) is 0 Å². The molecule has 2 atom stereocenters. The van der Waals surface area contributed by atoms with Crippen LogP contribution < -0.4 is 0 Å². The number of rotatable bonds is 11. The number of carboxylic acids is 2. The maximum atomic E-state index is 11.7. The molecule has 2 unspecified atom stereocenters. The van der Waals surface area contributed by atoms with E-state index in [9.17, 15) is 24.6 Å². The van der Waals surface area contributed by atoms with Gasteiger partial charge in [0.1, 0.15) is 5.92 Å². The predicted octanol–water partition coefficient (Wildman–Crippen LogP) is 1.59. The Balaban J connectivity index is 5.06. The first-order valence-corrected chi connectivity index (χ1v) is 7.21. The lowest BCUT2D eigenvalue weighted by Crippen LogP contribution is -2.50. The summed E-state index contributed by atoms with van der Waals surface area (Å²) in [4.78, 5) is 33.8. The molecule has 126 valence electrons. The normalized spacial score (nSPS) is 15.2. The number of allylic oxidation sites excluding steroid dienone is 1. The highest BCUT2D eigenvalue weighted by Crippen LogP contribution is 2.26. The summed E-state index contributed by atoms with van der Waals surface area (Å²) in [5.74, 6) is -5.94. The highest BCUT2D eigenvalue weighted by atomic mass is 16.5. The highest BCUT2D eigenvalue weighted by Gasteiger charge is 2.49. The molecule has 0 bridgehead atoms. The summed E-state index contributed by atoms with van der Waals surface area (Å²) >= 11 is 0. The van der Waals surface area contributed by atoms with E-state index in [1.54, 1.807) is 6.08 Å². The number of hydrogen-bond acceptors (Lipinski definition) is 5. The summed E-state index contributed by atoms with van der Waals surface area (Å²) in [6.45, 7) is 2.07. The molecule has 0 aliphatic heterocycles. The quantitative estimate of drug-likeness (QED) is 0.300. The van der Waals surface area contributed by atoms with Gasteiger partial charge in [-0.2, -0.15) is 0 Å². The standard InChI is InChI=1S/C15H24O7/c1-3-4-5-6-7-8-9-11(13(18)19)15(21,10-12(16)17)14(20)22-2/h8-9,11,21H,3-7,10H2,1-2H3,(H,16,17)(H,18,19)/b9-8+. The van der Waals surface area contributed by atoms with Crippen LogP contribution in [0.25, 0.3) is 0 Å². The van der Waals surface area contributed by atoms with E-state index >= 15 is 0 Å². The number of hydrogen-bond donors (Lipinski definition) is 3. The van der Waals surface area contributed by atoms with Crippen LogP contribution >= 0.6 is 0 Å². The van der Waals surface area contributed by atoms with Crippen LogP contribution in [0.15, 0.2) is 12.2 Å². The van der Waals surface area contributed by atoms with E-state index in [1.165, 1.54) is 0 Å². The molecular formula is C15H24O7. The Morgan fingerprint density at radius 2 is 1.82 bits per heavy atom. The molecule has 0 aliphatic rings. The van der Waals surface area contributed by atoms with Gasteiger partial charge in [-0.25, -0.2) is 4.79 Å². The third-order valence-electron chi connectivity index (χ3n) is 3.29. The lowest BCUT2D eigenvalue weighted by molar-refractivity contribution is -0.178. The van der Waals surface area contributed by atoms with Crippen LogP contribution in [0.4, 0.5) is 0 Å². The summed E-state index contributed by atoms with van der Waals surface area (Å²) in [7, 11) is 0.961. The predicted molar refractivity (Wildman–Crippen MR) is 78.2 cm³/mol. The van der Waals surface area contributed by atoms with Crippen molar-refractivity contribution in [3.05, 3.63) is 12.2 Å². The fourth-order valence-corrected chi connectivity index (χ4v) is 2.08. The molecule has 0 spiro atoms. The van der Waals surface area contributed by atoms with Crippen LogP contribution in [0.5, 0.6) is 0 Å². The van der Waals surface area contributed by atoms with Gasteiger partial charge in [0.05, 0.1) is 13.5 Å². The SMILES string of the molecule is CCCCCC/C=C/C(C(=O)O)C(O)(CC(=O)O)C(=O)OC. The zero-order valence-corrected chi connectivity index (χ0v) is 12.9. The van der Waals surface area contributed by atoms with Crippen molar-refractivity contribution in [1.82, 2.24) is 0 Å². The maximum Gasteiger partial charge on any atom is 0.339 e. The van der Waals surface area contributed by atoms with E-state index in [1.807, 2.05) is 0 Å². The van der Waals surface area contributed by atoms with E-state index in [0.717, 1.165) is 38.9 Å². The minimum atomic E-state index is -2.63. The van der Waals surface area contributed by atoms with Crippen molar-refractivity contribution in [3.8, 4) is 0 Å². The number of carboxylic acid groups (broad SMARTS) is 2. The van der Waals surface area contributed by atoms with Crippen LogP contribution in [0.1, 0.15) is 45.4 Å². The van der Waals surface area contributed by atoms with Crippen molar-refractivity contribution in [2.75, 3.05) is 7.11 Å². The Labute approximate surface area is 129 Å². The minimum Gasteiger partial charge on any atom is -0.481 e. The molecule has 0 saturated carbocycles. The van der Waals surface area contributed by atoms with Gasteiger partial charge in [0.25, 0.3) is 0 Å². The summed E-state index contributed by atoms with van der Waals surface area (Å²) in [6, 6.07) is 0. The zero-order chi connectivity index (χ0) is 17.2. The van der Waals surface area contributed by atoms with Gasteiger partial charge >= 0.3 is 17.9 Å². The van der Waals surface area contributed by atoms with Crippen LogP contribution in [0, 0.1) is 5.92 Å². The zero-order valence-electron chi connectivity index (χ0n) is 12.9. The topological polar surface area (TPSA) is 121 Å². The number of esters is 1. The Morgan fingerprint density at radius 1 is 1.18 bits per heavy atom. The van der Waals surface area contributed by atoms with Gasteiger partial charge in [-0.3, -0.25) is 9.59 Å². The number of aliphatic hydroxyl groups is 1. The van der Waals surface area contributed by atoms with Crippen LogP contribution in [0.2, 0.25) is 0 Å². The molecular weight excluding hydrogens is 292 g/mol. The van der Waals surface area contributed by atoms with Gasteiger partial charge < -0.3 is 20.1 Å². The second-order valence-electron chi connectivity index (χ2n) is 5.08. The molecule has 0 saturated heterocycles. The smallest absolute Gasteiger partial charge is 0.339 e. The number of methoxy groups -OCH3 is 1. The first kappa shape index (κ1) is 20.1. The molecule has 22 heavy (non-hydrogen) atoms. The molecule has 0 rings (SSSR count). The molecule has 0 radical (unpaired) electrons. The molecule has 0 amide bonds. The van der Waals surface area contributed by atoms with Crippen molar-refractivity contribution in [2.45, 2.75) is 51.0 Å². The number of aliphatic carboxylic acids is 2. The van der Waals surface area contributed by atoms with Crippen molar-refractivity contribution in [2.24, 2.45) is 5.92 Å². The third kappa shape index (κ3) is 6.26. The van der Waals surface area contributed by atoms with Crippen molar-refractivity contribution in [3.63, 3.8) is 0 Å². The van der Waals surface area contributed by atoms with Crippen molar-refractivity contribution in [1.29, 1.82) is 0 Å². The molecule has 7 nitrogen and oxygen atoms in total. The van der Waals surface area contributed by atoms with Gasteiger partial charge in [0, 0.05) is 0 Å². The number of carbonyl (C=O) groups is 3. The largest absolute Gasteiger partial charge is 0.481 e. The Bertz CT molecular complexity index is 416. The molecule has 0 aromatic heterocycles. The molecule has 0 aromatic rings. The van der Waals surface area contributed by atoms with E-state index in [0.29, 0.717) is 6.42 Å². The monoisotopic (exact) mass is 316 g/mol. The molecule has 7 heteroatoms. The maximum absolute atomic E-state index is 11.7. The molecule has 0 heterocycles. The lowest BCUT2D eigenvalue weighted by atomic mass is 9.83. The van der Waals surface area contributed by atoms with Crippen molar-refractivity contribution < 1.29 is 34.4 Å². The van der Waals surface area contributed by atoms with E-state index in [2.05, 4.69) is 11.7 Å². The van der Waals surface area contributed by atoms with E-state index in [4.69, 9.17) is 5.11 Å². The average Bonchev–Trinajstić information content (AvgIpc) is 2.44. The van der Waals surface area contributed by atoms with E-state index < -0.39 is 35.8 Å². The van der Waals surface area contributed by atoms with Gasteiger partial charge in [-0.05, 0) is 12.8 Å². The van der Waals surface area contributed by atoms with E-state index in [-0.39, 0.29) is 0 Å². The van der Waals surface area contributed by atoms with Gasteiger partial charge in [-0.15, -0.1) is 0 Å². The number of ether oxygens (including phenoxy) is 1. The number of carbonyl (C=O) groups excluding carboxylic acids is 1. The molecule has 0 fully saturated rings. The summed E-state index contributed by atoms with van der Waals surface area (Å²) in [6.07, 6.45) is 6.24. The molecule has 3 N–H and O–H groups in total. The fourth-order valence-electron chi connectivity index (χ4n) is 2.08. The lowest BCUT2D eigenvalue weighted by Gasteiger charge is -2.27. The number of unbranched alkanes of at least 4 members (excludes halogenated alkanes) is 4. The van der Waals surface area contributed by atoms with Gasteiger partial charge in [0.15, 0.2) is 5.60 Å². The second-order valence-corrected chi connectivity index (χ2v) is 5.08. The highest BCUT2D eigenvalue weighted by molar-refractivity contribution is 5.91. The van der Waals surface area contributed by atoms with Gasteiger partial charge in [0.2, 0.25) is 0 Å². The molecule has 0 aliphatic carbocycles. The van der Waals surface area contributed by atoms with Crippen LogP contribution in [-0.2, 0) is 19.1 Å². The average molecular weight is 316 g/mol. The first-order chi connectivity index (χ1) is 10.3. The Hall–Kier alpha value is -1.89. The fraction of sp³-hybridized carbons (Fsp3) is 0.667. The minimum absolute atomic E-state index is 0.591. The Kier molecular flexibility index (Phi) is 9.09. The van der Waals surface area contributed by atoms with Crippen molar-refractivity contribution >= 4 is 17.9 Å². The summed E-state index contributed by atoms with van der Waals surface area (Å²) in [5, 5.41) is 28.2. The third-order valence-corrected chi connectivity index (χ3v) is 3.29. The van der Waals surface area contributed by atoms with Crippen LogP contribution in [-0.4, -0.2) is 45.9 Å².